The van der Waals surface area contributed by atoms with Crippen LogP contribution in [-0.4, -0.2) is 33.2 Å². The highest BCUT2D eigenvalue weighted by Gasteiger charge is 2.16. The van der Waals surface area contributed by atoms with Gasteiger partial charge in [-0.25, -0.2) is 9.78 Å². The van der Waals surface area contributed by atoms with Crippen molar-refractivity contribution in [3.63, 3.8) is 0 Å². The number of imidazole rings is 1. The first-order chi connectivity index (χ1) is 9.88. The van der Waals surface area contributed by atoms with Crippen molar-refractivity contribution < 1.29 is 14.7 Å². The lowest BCUT2D eigenvalue weighted by Crippen LogP contribution is -2.39. The van der Waals surface area contributed by atoms with Crippen molar-refractivity contribution in [2.24, 2.45) is 18.9 Å². The van der Waals surface area contributed by atoms with Crippen molar-refractivity contribution in [2.75, 3.05) is 6.54 Å². The van der Waals surface area contributed by atoms with E-state index < -0.39 is 5.97 Å². The minimum absolute atomic E-state index is 0.0542. The van der Waals surface area contributed by atoms with Gasteiger partial charge in [-0.05, 0) is 18.3 Å². The van der Waals surface area contributed by atoms with Gasteiger partial charge in [-0.3, -0.25) is 4.79 Å². The number of urea groups is 1. The number of carbonyl (C=O) groups excluding carboxylic acids is 1. The molecule has 7 nitrogen and oxygen atoms in total. The lowest BCUT2D eigenvalue weighted by molar-refractivity contribution is -0.138. The molecule has 0 spiro atoms. The number of rotatable bonds is 8. The number of hydrogen-bond acceptors (Lipinski definition) is 3. The van der Waals surface area contributed by atoms with E-state index in [-0.39, 0.29) is 18.4 Å². The van der Waals surface area contributed by atoms with E-state index in [1.165, 1.54) is 0 Å². The molecule has 1 aromatic rings. The van der Waals surface area contributed by atoms with Gasteiger partial charge < -0.3 is 20.3 Å². The van der Waals surface area contributed by atoms with Crippen molar-refractivity contribution in [3.05, 3.63) is 18.2 Å². The zero-order chi connectivity index (χ0) is 15.8. The number of carbonyl (C=O) groups is 2. The number of carboxylic acid groups (broad SMARTS) is 1. The molecule has 1 rings (SSSR count). The van der Waals surface area contributed by atoms with Gasteiger partial charge in [-0.15, -0.1) is 0 Å². The number of aryl methyl sites for hydroxylation is 1. The molecule has 0 aliphatic rings. The third-order valence-corrected chi connectivity index (χ3v) is 3.15. The smallest absolute Gasteiger partial charge is 0.315 e. The van der Waals surface area contributed by atoms with E-state index in [2.05, 4.69) is 15.6 Å². The van der Waals surface area contributed by atoms with Crippen molar-refractivity contribution in [1.29, 1.82) is 0 Å². The number of nitrogens with zero attached hydrogens (tertiary/aromatic N) is 2. The fourth-order valence-electron chi connectivity index (χ4n) is 2.18. The van der Waals surface area contributed by atoms with Crippen LogP contribution in [0.3, 0.4) is 0 Å². The normalized spacial score (nSPS) is 12.2. The number of amides is 2. The first-order valence-corrected chi connectivity index (χ1v) is 7.08. The fraction of sp³-hybridized carbons (Fsp3) is 0.643. The Morgan fingerprint density at radius 2 is 2.10 bits per heavy atom. The molecule has 0 saturated carbocycles. The van der Waals surface area contributed by atoms with Crippen molar-refractivity contribution >= 4 is 12.0 Å². The minimum atomic E-state index is -0.837. The van der Waals surface area contributed by atoms with Crippen LogP contribution in [0, 0.1) is 11.8 Å². The third-order valence-electron chi connectivity index (χ3n) is 3.15. The van der Waals surface area contributed by atoms with E-state index in [9.17, 15) is 9.59 Å². The zero-order valence-electron chi connectivity index (χ0n) is 12.8. The molecule has 0 radical (unpaired) electrons. The topological polar surface area (TPSA) is 96.3 Å². The Morgan fingerprint density at radius 3 is 2.62 bits per heavy atom. The SMILES string of the molecule is CC(C)CC(CNC(=O)NCc1nccn1C)CC(=O)O. The van der Waals surface area contributed by atoms with Crippen LogP contribution in [0.2, 0.25) is 0 Å². The maximum absolute atomic E-state index is 11.7. The van der Waals surface area contributed by atoms with Gasteiger partial charge in [0.1, 0.15) is 5.82 Å². The molecule has 3 N–H and O–H groups in total. The molecule has 0 aromatic carbocycles. The van der Waals surface area contributed by atoms with Crippen LogP contribution in [0.15, 0.2) is 12.4 Å². The van der Waals surface area contributed by atoms with E-state index in [1.807, 2.05) is 25.5 Å². The van der Waals surface area contributed by atoms with Crippen LogP contribution < -0.4 is 10.6 Å². The zero-order valence-corrected chi connectivity index (χ0v) is 12.8. The van der Waals surface area contributed by atoms with Crippen LogP contribution in [0.1, 0.15) is 32.5 Å². The van der Waals surface area contributed by atoms with Crippen molar-refractivity contribution in [1.82, 2.24) is 20.2 Å². The fourth-order valence-corrected chi connectivity index (χ4v) is 2.18. The first-order valence-electron chi connectivity index (χ1n) is 7.08. The predicted molar refractivity (Wildman–Crippen MR) is 78.6 cm³/mol. The second-order valence-corrected chi connectivity index (χ2v) is 5.61. The summed E-state index contributed by atoms with van der Waals surface area (Å²) in [7, 11) is 1.85. The Balaban J connectivity index is 2.35. The molecule has 1 atom stereocenters. The number of nitrogens with one attached hydrogen (secondary N) is 2. The predicted octanol–water partition coefficient (Wildman–Crippen LogP) is 1.36. The highest BCUT2D eigenvalue weighted by atomic mass is 16.4. The number of aromatic nitrogens is 2. The van der Waals surface area contributed by atoms with Crippen LogP contribution in [0.5, 0.6) is 0 Å². The van der Waals surface area contributed by atoms with E-state index >= 15 is 0 Å². The van der Waals surface area contributed by atoms with E-state index in [4.69, 9.17) is 5.11 Å². The van der Waals surface area contributed by atoms with E-state index in [0.29, 0.717) is 19.0 Å². The molecule has 0 aliphatic carbocycles. The summed E-state index contributed by atoms with van der Waals surface area (Å²) >= 11 is 0. The molecule has 2 amide bonds. The largest absolute Gasteiger partial charge is 0.481 e. The van der Waals surface area contributed by atoms with Gasteiger partial charge >= 0.3 is 12.0 Å². The van der Waals surface area contributed by atoms with Crippen LogP contribution in [-0.2, 0) is 18.4 Å². The Bertz CT molecular complexity index is 471. The summed E-state index contributed by atoms with van der Waals surface area (Å²) in [6, 6.07) is -0.308. The van der Waals surface area contributed by atoms with Crippen molar-refractivity contribution in [3.8, 4) is 0 Å². The molecule has 0 bridgehead atoms. The Labute approximate surface area is 124 Å². The first kappa shape index (κ1) is 17.0. The van der Waals surface area contributed by atoms with Crippen LogP contribution in [0.25, 0.3) is 0 Å². The summed E-state index contributed by atoms with van der Waals surface area (Å²) in [5.74, 6) is 0.262. The molecule has 7 heteroatoms. The van der Waals surface area contributed by atoms with Gasteiger partial charge in [0.05, 0.1) is 6.54 Å². The summed E-state index contributed by atoms with van der Waals surface area (Å²) in [6.07, 6.45) is 4.31. The molecule has 21 heavy (non-hydrogen) atoms. The molecule has 1 unspecified atom stereocenters. The molecule has 118 valence electrons. The highest BCUT2D eigenvalue weighted by molar-refractivity contribution is 5.73. The Kier molecular flexibility index (Phi) is 6.71. The van der Waals surface area contributed by atoms with Crippen molar-refractivity contribution in [2.45, 2.75) is 33.2 Å². The second-order valence-electron chi connectivity index (χ2n) is 5.61. The quantitative estimate of drug-likeness (QED) is 0.675. The Morgan fingerprint density at radius 1 is 1.38 bits per heavy atom. The van der Waals surface area contributed by atoms with E-state index in [1.54, 1.807) is 12.4 Å². The number of aliphatic carboxylic acids is 1. The Hall–Kier alpha value is -2.05. The maximum atomic E-state index is 11.7. The van der Waals surface area contributed by atoms with E-state index in [0.717, 1.165) is 12.2 Å². The second kappa shape index (κ2) is 8.28. The van der Waals surface area contributed by atoms with Gasteiger partial charge in [0.15, 0.2) is 0 Å². The summed E-state index contributed by atoms with van der Waals surface area (Å²) in [5, 5.41) is 14.3. The summed E-state index contributed by atoms with van der Waals surface area (Å²) in [6.45, 7) is 4.77. The standard InChI is InChI=1S/C14H24N4O3/c1-10(2)6-11(7-13(19)20)8-16-14(21)17-9-12-15-4-5-18(12)3/h4-5,10-11H,6-9H2,1-3H3,(H,19,20)(H2,16,17,21). The monoisotopic (exact) mass is 296 g/mol. The lowest BCUT2D eigenvalue weighted by atomic mass is 9.94. The van der Waals surface area contributed by atoms with Crippen LogP contribution >= 0.6 is 0 Å². The molecule has 1 heterocycles. The number of hydrogen-bond donors (Lipinski definition) is 3. The third kappa shape index (κ3) is 6.78. The summed E-state index contributed by atoms with van der Waals surface area (Å²) in [4.78, 5) is 26.6. The summed E-state index contributed by atoms with van der Waals surface area (Å²) < 4.78 is 1.83. The molecule has 1 aromatic heterocycles. The van der Waals surface area contributed by atoms with Crippen LogP contribution in [0.4, 0.5) is 4.79 Å². The summed E-state index contributed by atoms with van der Waals surface area (Å²) in [5.41, 5.74) is 0. The molecular weight excluding hydrogens is 272 g/mol. The van der Waals surface area contributed by atoms with Gasteiger partial charge in [0, 0.05) is 32.4 Å². The maximum Gasteiger partial charge on any atom is 0.315 e. The molecule has 0 fully saturated rings. The molecular formula is C14H24N4O3. The lowest BCUT2D eigenvalue weighted by Gasteiger charge is -2.18. The van der Waals surface area contributed by atoms with Gasteiger partial charge in [-0.1, -0.05) is 13.8 Å². The van der Waals surface area contributed by atoms with Gasteiger partial charge in [0.2, 0.25) is 0 Å². The minimum Gasteiger partial charge on any atom is -0.481 e. The highest BCUT2D eigenvalue weighted by Crippen LogP contribution is 2.14. The molecule has 0 saturated heterocycles. The van der Waals surface area contributed by atoms with Gasteiger partial charge in [0.25, 0.3) is 0 Å². The van der Waals surface area contributed by atoms with Gasteiger partial charge in [-0.2, -0.15) is 0 Å². The average Bonchev–Trinajstić information content (AvgIpc) is 2.77. The molecule has 0 aliphatic heterocycles. The average molecular weight is 296 g/mol. The number of carboxylic acids is 1.